The molecule has 0 aromatic heterocycles. The van der Waals surface area contributed by atoms with Crippen molar-refractivity contribution in [2.45, 2.75) is 11.8 Å². The maximum atomic E-state index is 12.3. The van der Waals surface area contributed by atoms with E-state index in [0.29, 0.717) is 0 Å². The summed E-state index contributed by atoms with van der Waals surface area (Å²) in [6.07, 6.45) is 0. The van der Waals surface area contributed by atoms with Gasteiger partial charge in [0.25, 0.3) is 10.0 Å². The first-order valence-corrected chi connectivity index (χ1v) is 7.83. The van der Waals surface area contributed by atoms with Crippen LogP contribution in [0.2, 0.25) is 0 Å². The molecule has 0 heterocycles. The van der Waals surface area contributed by atoms with Crippen LogP contribution in [0.4, 0.5) is 5.69 Å². The molecule has 0 atom stereocenters. The van der Waals surface area contributed by atoms with Crippen LogP contribution in [0.1, 0.15) is 15.9 Å². The molecule has 0 radical (unpaired) electrons. The third-order valence-corrected chi connectivity index (χ3v) is 4.40. The predicted octanol–water partition coefficient (Wildman–Crippen LogP) is 2.29. The molecular formula is C15H15NO5S. The number of rotatable bonds is 4. The quantitative estimate of drug-likeness (QED) is 0.666. The molecule has 0 aliphatic rings. The summed E-state index contributed by atoms with van der Waals surface area (Å²) in [5, 5.41) is 10.0. The van der Waals surface area contributed by atoms with E-state index in [9.17, 15) is 18.3 Å². The summed E-state index contributed by atoms with van der Waals surface area (Å²) < 4.78 is 31.3. The zero-order valence-corrected chi connectivity index (χ0v) is 12.8. The van der Waals surface area contributed by atoms with Crippen molar-refractivity contribution >= 4 is 21.7 Å². The SMILES string of the molecule is COC(=O)c1cccc(NS(=O)(=O)c2ccc(C)cc2)c1O. The number of carbonyl (C=O) groups is 1. The van der Waals surface area contributed by atoms with Crippen LogP contribution in [-0.2, 0) is 14.8 Å². The highest BCUT2D eigenvalue weighted by molar-refractivity contribution is 7.92. The number of anilines is 1. The van der Waals surface area contributed by atoms with Gasteiger partial charge < -0.3 is 9.84 Å². The van der Waals surface area contributed by atoms with Gasteiger partial charge in [-0.25, -0.2) is 13.2 Å². The van der Waals surface area contributed by atoms with Crippen molar-refractivity contribution in [2.75, 3.05) is 11.8 Å². The minimum absolute atomic E-state index is 0.0565. The first-order chi connectivity index (χ1) is 10.3. The van der Waals surface area contributed by atoms with Crippen LogP contribution in [0.25, 0.3) is 0 Å². The minimum atomic E-state index is -3.86. The number of benzene rings is 2. The molecule has 0 amide bonds. The molecule has 6 nitrogen and oxygen atoms in total. The molecular weight excluding hydrogens is 306 g/mol. The number of ether oxygens (including phenoxy) is 1. The summed E-state index contributed by atoms with van der Waals surface area (Å²) >= 11 is 0. The fourth-order valence-electron chi connectivity index (χ4n) is 1.82. The fraction of sp³-hybridized carbons (Fsp3) is 0.133. The van der Waals surface area contributed by atoms with Crippen molar-refractivity contribution in [2.24, 2.45) is 0 Å². The Morgan fingerprint density at radius 2 is 1.77 bits per heavy atom. The van der Waals surface area contributed by atoms with Crippen LogP contribution < -0.4 is 4.72 Å². The molecule has 2 aromatic rings. The van der Waals surface area contributed by atoms with E-state index in [2.05, 4.69) is 9.46 Å². The second-order valence-corrected chi connectivity index (χ2v) is 6.29. The second-order valence-electron chi connectivity index (χ2n) is 4.61. The molecule has 2 aromatic carbocycles. The lowest BCUT2D eigenvalue weighted by Crippen LogP contribution is -2.14. The number of hydrogen-bond acceptors (Lipinski definition) is 5. The number of aryl methyl sites for hydroxylation is 1. The second kappa shape index (κ2) is 6.07. The van der Waals surface area contributed by atoms with Crippen LogP contribution >= 0.6 is 0 Å². The van der Waals surface area contributed by atoms with E-state index in [-0.39, 0.29) is 16.1 Å². The number of esters is 1. The number of para-hydroxylation sites is 1. The van der Waals surface area contributed by atoms with E-state index in [1.165, 1.54) is 37.4 Å². The Morgan fingerprint density at radius 1 is 1.14 bits per heavy atom. The highest BCUT2D eigenvalue weighted by Gasteiger charge is 2.19. The number of phenols is 1. The average Bonchev–Trinajstić information content (AvgIpc) is 2.49. The number of hydrogen-bond donors (Lipinski definition) is 2. The lowest BCUT2D eigenvalue weighted by atomic mass is 10.2. The number of nitrogens with one attached hydrogen (secondary N) is 1. The molecule has 0 saturated heterocycles. The van der Waals surface area contributed by atoms with Gasteiger partial charge in [0.2, 0.25) is 0 Å². The lowest BCUT2D eigenvalue weighted by Gasteiger charge is -2.11. The van der Waals surface area contributed by atoms with Crippen molar-refractivity contribution in [3.63, 3.8) is 0 Å². The zero-order valence-electron chi connectivity index (χ0n) is 12.0. The molecule has 0 unspecified atom stereocenters. The van der Waals surface area contributed by atoms with Gasteiger partial charge in [-0.05, 0) is 31.2 Å². The summed E-state index contributed by atoms with van der Waals surface area (Å²) in [7, 11) is -2.69. The Morgan fingerprint density at radius 3 is 2.36 bits per heavy atom. The van der Waals surface area contributed by atoms with E-state index in [1.54, 1.807) is 12.1 Å². The van der Waals surface area contributed by atoms with Crippen LogP contribution in [0.5, 0.6) is 5.75 Å². The van der Waals surface area contributed by atoms with E-state index in [1.807, 2.05) is 6.92 Å². The molecule has 0 bridgehead atoms. The smallest absolute Gasteiger partial charge is 0.341 e. The summed E-state index contributed by atoms with van der Waals surface area (Å²) in [5.41, 5.74) is 0.713. The first-order valence-electron chi connectivity index (χ1n) is 6.35. The summed E-state index contributed by atoms with van der Waals surface area (Å²) in [6, 6.07) is 10.4. The van der Waals surface area contributed by atoms with E-state index >= 15 is 0 Å². The Balaban J connectivity index is 2.38. The monoisotopic (exact) mass is 321 g/mol. The van der Waals surface area contributed by atoms with Gasteiger partial charge in [-0.15, -0.1) is 0 Å². The molecule has 2 N–H and O–H groups in total. The Labute approximate surface area is 128 Å². The maximum Gasteiger partial charge on any atom is 0.341 e. The van der Waals surface area contributed by atoms with Crippen molar-refractivity contribution in [1.82, 2.24) is 0 Å². The van der Waals surface area contributed by atoms with E-state index in [4.69, 9.17) is 0 Å². The fourth-order valence-corrected chi connectivity index (χ4v) is 2.89. The molecule has 7 heteroatoms. The Kier molecular flexibility index (Phi) is 4.37. The molecule has 116 valence electrons. The third-order valence-electron chi connectivity index (χ3n) is 3.02. The standard InChI is InChI=1S/C15H15NO5S/c1-10-6-8-11(9-7-10)22(19,20)16-13-5-3-4-12(14(13)17)15(18)21-2/h3-9,16-17H,1-2H3. The van der Waals surface area contributed by atoms with Crippen LogP contribution in [0.15, 0.2) is 47.4 Å². The van der Waals surface area contributed by atoms with Gasteiger partial charge in [0, 0.05) is 0 Å². The number of carbonyl (C=O) groups excluding carboxylic acids is 1. The maximum absolute atomic E-state index is 12.3. The van der Waals surface area contributed by atoms with Crippen molar-refractivity contribution in [1.29, 1.82) is 0 Å². The largest absolute Gasteiger partial charge is 0.505 e. The van der Waals surface area contributed by atoms with E-state index < -0.39 is 21.7 Å². The molecule has 0 spiro atoms. The molecule has 0 saturated carbocycles. The topological polar surface area (TPSA) is 92.7 Å². The van der Waals surface area contributed by atoms with Crippen LogP contribution in [0, 0.1) is 6.92 Å². The lowest BCUT2D eigenvalue weighted by molar-refractivity contribution is 0.0597. The number of sulfonamides is 1. The number of phenolic OH excluding ortho intramolecular Hbond substituents is 1. The Hall–Kier alpha value is -2.54. The Bertz CT molecular complexity index is 797. The molecule has 0 aliphatic carbocycles. The molecule has 0 fully saturated rings. The van der Waals surface area contributed by atoms with Gasteiger partial charge in [0.15, 0.2) is 5.75 Å². The highest BCUT2D eigenvalue weighted by Crippen LogP contribution is 2.30. The predicted molar refractivity (Wildman–Crippen MR) is 81.4 cm³/mol. The zero-order chi connectivity index (χ0) is 16.3. The third kappa shape index (κ3) is 3.20. The molecule has 0 aliphatic heterocycles. The average molecular weight is 321 g/mol. The molecule has 22 heavy (non-hydrogen) atoms. The first kappa shape index (κ1) is 15.8. The highest BCUT2D eigenvalue weighted by atomic mass is 32.2. The summed E-state index contributed by atoms with van der Waals surface area (Å²) in [6.45, 7) is 1.84. The minimum Gasteiger partial charge on any atom is -0.505 e. The summed E-state index contributed by atoms with van der Waals surface area (Å²) in [5.74, 6) is -1.24. The van der Waals surface area contributed by atoms with Gasteiger partial charge in [-0.1, -0.05) is 23.8 Å². The molecule has 2 rings (SSSR count). The van der Waals surface area contributed by atoms with Crippen LogP contribution in [-0.4, -0.2) is 26.6 Å². The van der Waals surface area contributed by atoms with Crippen LogP contribution in [0.3, 0.4) is 0 Å². The van der Waals surface area contributed by atoms with E-state index in [0.717, 1.165) is 5.56 Å². The van der Waals surface area contributed by atoms with Gasteiger partial charge in [-0.2, -0.15) is 0 Å². The summed E-state index contributed by atoms with van der Waals surface area (Å²) in [4.78, 5) is 11.6. The van der Waals surface area contributed by atoms with Crippen molar-refractivity contribution in [3.05, 3.63) is 53.6 Å². The van der Waals surface area contributed by atoms with Gasteiger partial charge in [0.05, 0.1) is 17.7 Å². The number of methoxy groups -OCH3 is 1. The number of aromatic hydroxyl groups is 1. The normalized spacial score (nSPS) is 11.0. The van der Waals surface area contributed by atoms with Gasteiger partial charge in [-0.3, -0.25) is 4.72 Å². The van der Waals surface area contributed by atoms with Gasteiger partial charge in [0.1, 0.15) is 5.56 Å². The van der Waals surface area contributed by atoms with Crippen molar-refractivity contribution < 1.29 is 23.1 Å². The van der Waals surface area contributed by atoms with Crippen molar-refractivity contribution in [3.8, 4) is 5.75 Å². The van der Waals surface area contributed by atoms with Gasteiger partial charge >= 0.3 is 5.97 Å².